The molecule has 0 aromatic rings. The summed E-state index contributed by atoms with van der Waals surface area (Å²) in [5, 5.41) is 2.92. The highest BCUT2D eigenvalue weighted by Crippen LogP contribution is 2.22. The average molecular weight is 268 g/mol. The fourth-order valence-corrected chi connectivity index (χ4v) is 2.53. The van der Waals surface area contributed by atoms with Crippen molar-refractivity contribution in [3.05, 3.63) is 12.2 Å². The summed E-state index contributed by atoms with van der Waals surface area (Å²) in [6, 6.07) is 0.482. The van der Waals surface area contributed by atoms with Gasteiger partial charge in [-0.3, -0.25) is 9.69 Å². The van der Waals surface area contributed by atoms with Gasteiger partial charge in [-0.15, -0.1) is 0 Å². The van der Waals surface area contributed by atoms with Crippen molar-refractivity contribution >= 4 is 5.91 Å². The summed E-state index contributed by atoms with van der Waals surface area (Å²) in [5.41, 5.74) is -0.178. The zero-order chi connectivity index (χ0) is 14.5. The summed E-state index contributed by atoms with van der Waals surface area (Å²) in [5.74, 6) is 0.681. The Kier molecular flexibility index (Phi) is 6.01. The van der Waals surface area contributed by atoms with Gasteiger partial charge in [0.05, 0.1) is 6.61 Å². The minimum atomic E-state index is -0.178. The molecule has 1 aliphatic heterocycles. The normalized spacial score (nSPS) is 25.1. The number of rotatable bonds is 5. The first-order chi connectivity index (χ1) is 8.81. The second-order valence-corrected chi connectivity index (χ2v) is 6.55. The molecule has 1 aliphatic rings. The van der Waals surface area contributed by atoms with Crippen LogP contribution in [0, 0.1) is 5.92 Å². The molecule has 1 N–H and O–H groups in total. The first-order valence-electron chi connectivity index (χ1n) is 7.03. The molecule has 0 aliphatic carbocycles. The average Bonchev–Trinajstić information content (AvgIpc) is 2.57. The van der Waals surface area contributed by atoms with Crippen LogP contribution in [0.5, 0.6) is 0 Å². The van der Waals surface area contributed by atoms with E-state index in [4.69, 9.17) is 4.74 Å². The number of nitrogens with zero attached hydrogens (tertiary/aromatic N) is 1. The van der Waals surface area contributed by atoms with E-state index in [1.807, 2.05) is 26.8 Å². The van der Waals surface area contributed by atoms with Gasteiger partial charge in [0, 0.05) is 37.9 Å². The zero-order valence-electron chi connectivity index (χ0n) is 12.9. The van der Waals surface area contributed by atoms with Crippen LogP contribution in [-0.2, 0) is 9.53 Å². The van der Waals surface area contributed by atoms with E-state index in [0.29, 0.717) is 12.0 Å². The third kappa shape index (κ3) is 6.21. The number of methoxy groups -OCH3 is 1. The maximum Gasteiger partial charge on any atom is 0.244 e. The van der Waals surface area contributed by atoms with Gasteiger partial charge in [0.1, 0.15) is 0 Å². The molecule has 19 heavy (non-hydrogen) atoms. The largest absolute Gasteiger partial charge is 0.383 e. The van der Waals surface area contributed by atoms with Crippen LogP contribution < -0.4 is 5.32 Å². The number of carbonyl (C=O) groups is 1. The minimum Gasteiger partial charge on any atom is -0.383 e. The standard InChI is InChI=1S/C15H28N2O2/c1-12-9-13(11-19-5)17(10-12)8-6-7-14(18)16-15(2,3)4/h6-7,12-13H,8-11H2,1-5H3,(H,16,18)/b7-6+. The van der Waals surface area contributed by atoms with E-state index < -0.39 is 0 Å². The van der Waals surface area contributed by atoms with Crippen molar-refractivity contribution in [2.75, 3.05) is 26.8 Å². The van der Waals surface area contributed by atoms with Crippen LogP contribution in [0.25, 0.3) is 0 Å². The summed E-state index contributed by atoms with van der Waals surface area (Å²) in [7, 11) is 1.74. The molecular formula is C15H28N2O2. The Morgan fingerprint density at radius 2 is 2.16 bits per heavy atom. The monoisotopic (exact) mass is 268 g/mol. The summed E-state index contributed by atoms with van der Waals surface area (Å²) < 4.78 is 5.25. The molecule has 110 valence electrons. The molecule has 1 fully saturated rings. The van der Waals surface area contributed by atoms with Crippen LogP contribution in [0.1, 0.15) is 34.1 Å². The quantitative estimate of drug-likeness (QED) is 0.773. The second kappa shape index (κ2) is 7.06. The molecule has 2 atom stereocenters. The minimum absolute atomic E-state index is 0.0250. The highest BCUT2D eigenvalue weighted by molar-refractivity contribution is 5.87. The summed E-state index contributed by atoms with van der Waals surface area (Å²) in [4.78, 5) is 14.0. The van der Waals surface area contributed by atoms with Crippen LogP contribution >= 0.6 is 0 Å². The van der Waals surface area contributed by atoms with Crippen molar-refractivity contribution in [3.8, 4) is 0 Å². The fraction of sp³-hybridized carbons (Fsp3) is 0.800. The van der Waals surface area contributed by atoms with E-state index in [1.54, 1.807) is 13.2 Å². The summed E-state index contributed by atoms with van der Waals surface area (Å²) >= 11 is 0. The molecule has 1 rings (SSSR count). The van der Waals surface area contributed by atoms with E-state index in [1.165, 1.54) is 6.42 Å². The lowest BCUT2D eigenvalue weighted by Gasteiger charge is -2.22. The third-order valence-electron chi connectivity index (χ3n) is 3.20. The van der Waals surface area contributed by atoms with Gasteiger partial charge in [-0.25, -0.2) is 0 Å². The number of ether oxygens (including phenoxy) is 1. The Labute approximate surface area is 117 Å². The molecule has 2 unspecified atom stereocenters. The van der Waals surface area contributed by atoms with Crippen molar-refractivity contribution < 1.29 is 9.53 Å². The number of carbonyl (C=O) groups excluding carboxylic acids is 1. The van der Waals surface area contributed by atoms with E-state index >= 15 is 0 Å². The van der Waals surface area contributed by atoms with Crippen molar-refractivity contribution in [3.63, 3.8) is 0 Å². The van der Waals surface area contributed by atoms with Gasteiger partial charge < -0.3 is 10.1 Å². The second-order valence-electron chi connectivity index (χ2n) is 6.55. The first-order valence-corrected chi connectivity index (χ1v) is 7.03. The molecule has 0 aromatic carbocycles. The van der Waals surface area contributed by atoms with Gasteiger partial charge in [0.15, 0.2) is 0 Å². The smallest absolute Gasteiger partial charge is 0.244 e. The highest BCUT2D eigenvalue weighted by Gasteiger charge is 2.28. The predicted octanol–water partition coefficient (Wildman–Crippen LogP) is 1.81. The Bertz CT molecular complexity index is 321. The zero-order valence-corrected chi connectivity index (χ0v) is 12.9. The highest BCUT2D eigenvalue weighted by atomic mass is 16.5. The lowest BCUT2D eigenvalue weighted by atomic mass is 10.1. The molecule has 4 nitrogen and oxygen atoms in total. The Morgan fingerprint density at radius 3 is 2.74 bits per heavy atom. The summed E-state index contributed by atoms with van der Waals surface area (Å²) in [6.07, 6.45) is 4.76. The van der Waals surface area contributed by atoms with E-state index in [9.17, 15) is 4.79 Å². The molecule has 1 heterocycles. The van der Waals surface area contributed by atoms with Crippen LogP contribution in [0.15, 0.2) is 12.2 Å². The van der Waals surface area contributed by atoms with Gasteiger partial charge >= 0.3 is 0 Å². The maximum atomic E-state index is 11.7. The van der Waals surface area contributed by atoms with Crippen molar-refractivity contribution in [2.24, 2.45) is 5.92 Å². The van der Waals surface area contributed by atoms with Crippen molar-refractivity contribution in [1.82, 2.24) is 10.2 Å². The number of amides is 1. The number of hydrogen-bond acceptors (Lipinski definition) is 3. The van der Waals surface area contributed by atoms with E-state index in [2.05, 4.69) is 17.1 Å². The number of nitrogens with one attached hydrogen (secondary N) is 1. The molecule has 0 radical (unpaired) electrons. The van der Waals surface area contributed by atoms with Gasteiger partial charge in [-0.1, -0.05) is 13.0 Å². The lowest BCUT2D eigenvalue weighted by Crippen LogP contribution is -2.39. The molecule has 1 amide bonds. The van der Waals surface area contributed by atoms with Crippen LogP contribution in [0.3, 0.4) is 0 Å². The SMILES string of the molecule is COCC1CC(C)CN1C/C=C/C(=O)NC(C)(C)C. The topological polar surface area (TPSA) is 41.6 Å². The number of likely N-dealkylation sites (tertiary alicyclic amines) is 1. The fourth-order valence-electron chi connectivity index (χ4n) is 2.53. The van der Waals surface area contributed by atoms with Crippen LogP contribution in [0.2, 0.25) is 0 Å². The molecule has 0 spiro atoms. The Balaban J connectivity index is 2.40. The molecule has 0 bridgehead atoms. The van der Waals surface area contributed by atoms with Gasteiger partial charge in [0.25, 0.3) is 0 Å². The van der Waals surface area contributed by atoms with Gasteiger partial charge in [0.2, 0.25) is 5.91 Å². The van der Waals surface area contributed by atoms with E-state index in [-0.39, 0.29) is 11.4 Å². The van der Waals surface area contributed by atoms with Crippen LogP contribution in [-0.4, -0.2) is 49.2 Å². The van der Waals surface area contributed by atoms with E-state index in [0.717, 1.165) is 19.7 Å². The van der Waals surface area contributed by atoms with Gasteiger partial charge in [-0.05, 0) is 33.1 Å². The first kappa shape index (κ1) is 16.2. The third-order valence-corrected chi connectivity index (χ3v) is 3.20. The van der Waals surface area contributed by atoms with Crippen LogP contribution in [0.4, 0.5) is 0 Å². The number of hydrogen-bond donors (Lipinski definition) is 1. The Hall–Kier alpha value is -0.870. The molecule has 1 saturated heterocycles. The van der Waals surface area contributed by atoms with Gasteiger partial charge in [-0.2, -0.15) is 0 Å². The molecule has 4 heteroatoms. The maximum absolute atomic E-state index is 11.7. The van der Waals surface area contributed by atoms with Crippen molar-refractivity contribution in [2.45, 2.75) is 45.7 Å². The Morgan fingerprint density at radius 1 is 1.47 bits per heavy atom. The molecule has 0 aromatic heterocycles. The van der Waals surface area contributed by atoms with Crippen molar-refractivity contribution in [1.29, 1.82) is 0 Å². The predicted molar refractivity (Wildman–Crippen MR) is 78.1 cm³/mol. The lowest BCUT2D eigenvalue weighted by molar-refractivity contribution is -0.117. The molecule has 0 saturated carbocycles. The summed E-state index contributed by atoms with van der Waals surface area (Å²) in [6.45, 7) is 10.9. The molecular weight excluding hydrogens is 240 g/mol.